The lowest BCUT2D eigenvalue weighted by atomic mass is 10.3. The number of ether oxygens (including phenoxy) is 1. The lowest BCUT2D eigenvalue weighted by Crippen LogP contribution is -2.19. The van der Waals surface area contributed by atoms with E-state index in [-0.39, 0.29) is 11.7 Å². The van der Waals surface area contributed by atoms with Crippen molar-refractivity contribution in [3.63, 3.8) is 0 Å². The SMILES string of the molecule is COc1ccc(SCC(=O)N/N=C/c2cccn2-c2ccc(Cl)cc2)cc1. The average molecular weight is 400 g/mol. The Balaban J connectivity index is 1.53. The molecule has 0 saturated heterocycles. The van der Waals surface area contributed by atoms with E-state index in [1.54, 1.807) is 13.3 Å². The van der Waals surface area contributed by atoms with Crippen LogP contribution in [0, 0.1) is 0 Å². The number of hydrogen-bond acceptors (Lipinski definition) is 4. The van der Waals surface area contributed by atoms with Crippen LogP contribution in [0.4, 0.5) is 0 Å². The highest BCUT2D eigenvalue weighted by atomic mass is 35.5. The number of benzene rings is 2. The van der Waals surface area contributed by atoms with Crippen molar-refractivity contribution >= 4 is 35.5 Å². The zero-order valence-corrected chi connectivity index (χ0v) is 16.2. The molecule has 2 aromatic carbocycles. The Labute approximate surface area is 167 Å². The number of nitrogens with zero attached hydrogens (tertiary/aromatic N) is 2. The second-order valence-corrected chi connectivity index (χ2v) is 7.02. The van der Waals surface area contributed by atoms with Gasteiger partial charge in [0.1, 0.15) is 5.75 Å². The Hall–Kier alpha value is -2.70. The summed E-state index contributed by atoms with van der Waals surface area (Å²) >= 11 is 7.37. The fourth-order valence-corrected chi connectivity index (χ4v) is 3.18. The number of thioether (sulfide) groups is 1. The normalized spacial score (nSPS) is 10.9. The van der Waals surface area contributed by atoms with Gasteiger partial charge in [-0.3, -0.25) is 4.79 Å². The molecule has 1 heterocycles. The molecule has 0 aliphatic heterocycles. The molecule has 0 atom stereocenters. The predicted octanol–water partition coefficient (Wildman–Crippen LogP) is 4.38. The van der Waals surface area contributed by atoms with Crippen molar-refractivity contribution < 1.29 is 9.53 Å². The van der Waals surface area contributed by atoms with E-state index in [1.807, 2.05) is 71.4 Å². The molecule has 0 radical (unpaired) electrons. The van der Waals surface area contributed by atoms with Gasteiger partial charge < -0.3 is 9.30 Å². The van der Waals surface area contributed by atoms with Crippen LogP contribution in [0.1, 0.15) is 5.69 Å². The minimum atomic E-state index is -0.170. The number of rotatable bonds is 7. The van der Waals surface area contributed by atoms with Crippen molar-refractivity contribution in [3.8, 4) is 11.4 Å². The van der Waals surface area contributed by atoms with E-state index in [1.165, 1.54) is 11.8 Å². The molecular weight excluding hydrogens is 382 g/mol. The van der Waals surface area contributed by atoms with Crippen LogP contribution in [-0.2, 0) is 4.79 Å². The quantitative estimate of drug-likeness (QED) is 0.364. The Kier molecular flexibility index (Phi) is 6.57. The molecule has 138 valence electrons. The summed E-state index contributed by atoms with van der Waals surface area (Å²) in [6.45, 7) is 0. The van der Waals surface area contributed by atoms with Crippen LogP contribution in [0.15, 0.2) is 76.9 Å². The topological polar surface area (TPSA) is 55.6 Å². The smallest absolute Gasteiger partial charge is 0.250 e. The molecule has 0 spiro atoms. The first-order valence-electron chi connectivity index (χ1n) is 8.18. The summed E-state index contributed by atoms with van der Waals surface area (Å²) < 4.78 is 7.07. The fourth-order valence-electron chi connectivity index (χ4n) is 2.36. The van der Waals surface area contributed by atoms with Crippen LogP contribution in [-0.4, -0.2) is 29.6 Å². The zero-order chi connectivity index (χ0) is 19.1. The lowest BCUT2D eigenvalue weighted by molar-refractivity contribution is -0.118. The van der Waals surface area contributed by atoms with E-state index in [0.717, 1.165) is 22.0 Å². The first-order valence-corrected chi connectivity index (χ1v) is 9.54. The first kappa shape index (κ1) is 19.1. The van der Waals surface area contributed by atoms with Crippen LogP contribution >= 0.6 is 23.4 Å². The number of carbonyl (C=O) groups excluding carboxylic acids is 1. The Morgan fingerprint density at radius 1 is 1.19 bits per heavy atom. The zero-order valence-electron chi connectivity index (χ0n) is 14.6. The van der Waals surface area contributed by atoms with Gasteiger partial charge in [-0.25, -0.2) is 5.43 Å². The first-order chi connectivity index (χ1) is 13.2. The van der Waals surface area contributed by atoms with Crippen molar-refractivity contribution in [1.82, 2.24) is 9.99 Å². The largest absolute Gasteiger partial charge is 0.497 e. The summed E-state index contributed by atoms with van der Waals surface area (Å²) in [6.07, 6.45) is 3.54. The summed E-state index contributed by atoms with van der Waals surface area (Å²) in [5, 5.41) is 4.74. The predicted molar refractivity (Wildman–Crippen MR) is 110 cm³/mol. The molecule has 0 bridgehead atoms. The van der Waals surface area contributed by atoms with Crippen molar-refractivity contribution in [2.45, 2.75) is 4.90 Å². The third-order valence-corrected chi connectivity index (χ3v) is 4.96. The highest BCUT2D eigenvalue weighted by molar-refractivity contribution is 8.00. The molecule has 1 N–H and O–H groups in total. The summed E-state index contributed by atoms with van der Waals surface area (Å²) in [5.41, 5.74) is 4.36. The number of aromatic nitrogens is 1. The number of nitrogens with one attached hydrogen (secondary N) is 1. The highest BCUT2D eigenvalue weighted by Gasteiger charge is 2.04. The molecule has 3 rings (SSSR count). The van der Waals surface area contributed by atoms with Gasteiger partial charge in [-0.05, 0) is 60.7 Å². The summed E-state index contributed by atoms with van der Waals surface area (Å²) in [7, 11) is 1.62. The average Bonchev–Trinajstić information content (AvgIpc) is 3.16. The minimum absolute atomic E-state index is 0.170. The van der Waals surface area contributed by atoms with Crippen LogP contribution in [0.2, 0.25) is 5.02 Å². The lowest BCUT2D eigenvalue weighted by Gasteiger charge is -2.06. The Morgan fingerprint density at radius 3 is 2.63 bits per heavy atom. The minimum Gasteiger partial charge on any atom is -0.497 e. The van der Waals surface area contributed by atoms with Gasteiger partial charge in [0.2, 0.25) is 5.91 Å². The van der Waals surface area contributed by atoms with E-state index in [2.05, 4.69) is 10.5 Å². The van der Waals surface area contributed by atoms with Crippen LogP contribution in [0.5, 0.6) is 5.75 Å². The number of methoxy groups -OCH3 is 1. The van der Waals surface area contributed by atoms with Gasteiger partial charge in [0, 0.05) is 21.8 Å². The molecule has 0 fully saturated rings. The van der Waals surface area contributed by atoms with E-state index >= 15 is 0 Å². The van der Waals surface area contributed by atoms with Gasteiger partial charge in [0.25, 0.3) is 0 Å². The second kappa shape index (κ2) is 9.30. The molecule has 0 unspecified atom stereocenters. The molecule has 0 saturated carbocycles. The number of hydrogen-bond donors (Lipinski definition) is 1. The van der Waals surface area contributed by atoms with Crippen molar-refractivity contribution in [1.29, 1.82) is 0 Å². The van der Waals surface area contributed by atoms with Gasteiger partial charge in [0.05, 0.1) is 24.8 Å². The number of amides is 1. The van der Waals surface area contributed by atoms with Crippen molar-refractivity contribution in [3.05, 3.63) is 77.6 Å². The highest BCUT2D eigenvalue weighted by Crippen LogP contribution is 2.21. The van der Waals surface area contributed by atoms with Crippen molar-refractivity contribution in [2.24, 2.45) is 5.10 Å². The fraction of sp³-hybridized carbons (Fsp3) is 0.100. The Morgan fingerprint density at radius 2 is 1.93 bits per heavy atom. The standard InChI is InChI=1S/C20H18ClN3O2S/c1-26-18-8-10-19(11-9-18)27-14-20(25)23-22-13-17-3-2-12-24(17)16-6-4-15(21)5-7-16/h2-13H,14H2,1H3,(H,23,25)/b22-13+. The van der Waals surface area contributed by atoms with E-state index in [9.17, 15) is 4.79 Å². The molecule has 7 heteroatoms. The van der Waals surface area contributed by atoms with E-state index in [4.69, 9.17) is 16.3 Å². The van der Waals surface area contributed by atoms with Crippen LogP contribution in [0.3, 0.4) is 0 Å². The molecule has 5 nitrogen and oxygen atoms in total. The molecular formula is C20H18ClN3O2S. The monoisotopic (exact) mass is 399 g/mol. The van der Waals surface area contributed by atoms with Gasteiger partial charge in [0.15, 0.2) is 0 Å². The number of carbonyl (C=O) groups is 1. The van der Waals surface area contributed by atoms with Gasteiger partial charge in [-0.15, -0.1) is 11.8 Å². The van der Waals surface area contributed by atoms with Crippen LogP contribution in [0.25, 0.3) is 5.69 Å². The van der Waals surface area contributed by atoms with Gasteiger partial charge in [-0.2, -0.15) is 5.10 Å². The number of hydrazone groups is 1. The third kappa shape index (κ3) is 5.39. The molecule has 0 aliphatic carbocycles. The maximum atomic E-state index is 12.0. The van der Waals surface area contributed by atoms with Gasteiger partial charge >= 0.3 is 0 Å². The maximum Gasteiger partial charge on any atom is 0.250 e. The molecule has 1 amide bonds. The maximum absolute atomic E-state index is 12.0. The van der Waals surface area contributed by atoms with E-state index < -0.39 is 0 Å². The molecule has 3 aromatic rings. The van der Waals surface area contributed by atoms with Crippen LogP contribution < -0.4 is 10.2 Å². The Bertz CT molecular complexity index is 921. The van der Waals surface area contributed by atoms with E-state index in [0.29, 0.717) is 5.02 Å². The molecule has 27 heavy (non-hydrogen) atoms. The molecule has 1 aromatic heterocycles. The molecule has 0 aliphatic rings. The second-order valence-electron chi connectivity index (χ2n) is 5.54. The summed E-state index contributed by atoms with van der Waals surface area (Å²) in [5.74, 6) is 0.899. The third-order valence-electron chi connectivity index (χ3n) is 3.70. The summed E-state index contributed by atoms with van der Waals surface area (Å²) in [4.78, 5) is 13.0. The van der Waals surface area contributed by atoms with Gasteiger partial charge in [-0.1, -0.05) is 11.6 Å². The van der Waals surface area contributed by atoms with Crippen molar-refractivity contribution in [2.75, 3.05) is 12.9 Å². The number of halogens is 1. The summed E-state index contributed by atoms with van der Waals surface area (Å²) in [6, 6.07) is 18.9.